The van der Waals surface area contributed by atoms with Gasteiger partial charge in [-0.15, -0.1) is 11.8 Å². The van der Waals surface area contributed by atoms with Crippen molar-refractivity contribution in [2.75, 3.05) is 18.8 Å². The molecule has 2 N–H and O–H groups in total. The quantitative estimate of drug-likeness (QED) is 0.878. The molecule has 1 saturated carbocycles. The van der Waals surface area contributed by atoms with Crippen molar-refractivity contribution in [3.8, 4) is 0 Å². The van der Waals surface area contributed by atoms with Crippen LogP contribution in [0.4, 0.5) is 0 Å². The Hall–Kier alpha value is -0.710. The molecule has 0 saturated heterocycles. The summed E-state index contributed by atoms with van der Waals surface area (Å²) in [5.41, 5.74) is 1.16. The lowest BCUT2D eigenvalue weighted by atomic mass is 10.0. The highest BCUT2D eigenvalue weighted by molar-refractivity contribution is 7.99. The second-order valence-electron chi connectivity index (χ2n) is 5.51. The maximum Gasteiger partial charge on any atom is 0.234 e. The minimum absolute atomic E-state index is 0.0773. The van der Waals surface area contributed by atoms with Crippen LogP contribution in [0.1, 0.15) is 30.9 Å². The van der Waals surface area contributed by atoms with Gasteiger partial charge < -0.3 is 10.6 Å². The molecule has 0 spiro atoms. The molecule has 1 aliphatic carbocycles. The normalized spacial score (nSPS) is 21.4. The highest BCUT2D eigenvalue weighted by Gasteiger charge is 2.23. The molecule has 1 heterocycles. The van der Waals surface area contributed by atoms with Gasteiger partial charge in [-0.05, 0) is 55.5 Å². The van der Waals surface area contributed by atoms with Crippen LogP contribution in [0.3, 0.4) is 0 Å². The van der Waals surface area contributed by atoms with Crippen molar-refractivity contribution in [1.82, 2.24) is 10.6 Å². The molecule has 1 aromatic carbocycles. The van der Waals surface area contributed by atoms with E-state index in [9.17, 15) is 4.79 Å². The summed E-state index contributed by atoms with van der Waals surface area (Å²) < 4.78 is 0. The van der Waals surface area contributed by atoms with Gasteiger partial charge in [0, 0.05) is 15.7 Å². The summed E-state index contributed by atoms with van der Waals surface area (Å²) >= 11 is 7.90. The predicted octanol–water partition coefficient (Wildman–Crippen LogP) is 2.99. The first-order valence-electron chi connectivity index (χ1n) is 7.14. The summed E-state index contributed by atoms with van der Waals surface area (Å²) in [6.07, 6.45) is 3.58. The first kappa shape index (κ1) is 14.2. The molecule has 3 nitrogen and oxygen atoms in total. The van der Waals surface area contributed by atoms with Crippen LogP contribution in [0.25, 0.3) is 0 Å². The van der Waals surface area contributed by atoms with Crippen LogP contribution in [-0.4, -0.2) is 24.7 Å². The van der Waals surface area contributed by atoms with Gasteiger partial charge in [0.2, 0.25) is 5.91 Å². The van der Waals surface area contributed by atoms with Crippen LogP contribution < -0.4 is 10.6 Å². The fourth-order valence-electron chi connectivity index (χ4n) is 2.47. The Morgan fingerprint density at radius 3 is 3.00 bits per heavy atom. The van der Waals surface area contributed by atoms with E-state index in [0.29, 0.717) is 6.54 Å². The number of fused-ring (bicyclic) bond motifs is 1. The zero-order valence-electron chi connectivity index (χ0n) is 11.3. The lowest BCUT2D eigenvalue weighted by Gasteiger charge is -2.26. The highest BCUT2D eigenvalue weighted by atomic mass is 35.5. The largest absolute Gasteiger partial charge is 0.348 e. The summed E-state index contributed by atoms with van der Waals surface area (Å²) in [5, 5.41) is 7.09. The molecular weight excluding hydrogens is 292 g/mol. The Morgan fingerprint density at radius 2 is 2.20 bits per heavy atom. The molecule has 1 unspecified atom stereocenters. The van der Waals surface area contributed by atoms with Crippen molar-refractivity contribution >= 4 is 29.3 Å². The van der Waals surface area contributed by atoms with Crippen LogP contribution in [0, 0.1) is 5.92 Å². The third-order valence-corrected chi connectivity index (χ3v) is 5.12. The molecule has 0 radical (unpaired) electrons. The van der Waals surface area contributed by atoms with Gasteiger partial charge >= 0.3 is 0 Å². The van der Waals surface area contributed by atoms with Gasteiger partial charge in [-0.1, -0.05) is 11.6 Å². The predicted molar refractivity (Wildman–Crippen MR) is 83.3 cm³/mol. The summed E-state index contributed by atoms with van der Waals surface area (Å²) in [6, 6.07) is 6.03. The SMILES string of the molecule is O=C(CNCC1CC1)NC1CCSc2ccc(Cl)cc21. The zero-order valence-corrected chi connectivity index (χ0v) is 12.9. The van der Waals surface area contributed by atoms with E-state index in [2.05, 4.69) is 10.6 Å². The molecule has 1 amide bonds. The molecule has 0 aromatic heterocycles. The molecular formula is C15H19ClN2OS. The Balaban J connectivity index is 1.57. The standard InChI is InChI=1S/C15H19ClN2OS/c16-11-3-4-14-12(7-11)13(5-6-20-14)18-15(19)9-17-8-10-1-2-10/h3-4,7,10,13,17H,1-2,5-6,8-9H2,(H,18,19). The van der Waals surface area contributed by atoms with Crippen LogP contribution in [0.5, 0.6) is 0 Å². The molecule has 2 aliphatic rings. The van der Waals surface area contributed by atoms with Crippen molar-refractivity contribution in [2.45, 2.75) is 30.2 Å². The van der Waals surface area contributed by atoms with Crippen LogP contribution in [0.2, 0.25) is 5.02 Å². The highest BCUT2D eigenvalue weighted by Crippen LogP contribution is 2.37. The van der Waals surface area contributed by atoms with Gasteiger partial charge in [-0.3, -0.25) is 4.79 Å². The lowest BCUT2D eigenvalue weighted by Crippen LogP contribution is -2.37. The van der Waals surface area contributed by atoms with E-state index < -0.39 is 0 Å². The van der Waals surface area contributed by atoms with Gasteiger partial charge in [0.25, 0.3) is 0 Å². The maximum absolute atomic E-state index is 12.0. The van der Waals surface area contributed by atoms with Crippen molar-refractivity contribution < 1.29 is 4.79 Å². The second kappa shape index (κ2) is 6.37. The van der Waals surface area contributed by atoms with Crippen LogP contribution >= 0.6 is 23.4 Å². The summed E-state index contributed by atoms with van der Waals surface area (Å²) in [5.74, 6) is 1.91. The Bertz CT molecular complexity index is 505. The topological polar surface area (TPSA) is 41.1 Å². The van der Waals surface area contributed by atoms with Crippen molar-refractivity contribution in [2.24, 2.45) is 5.92 Å². The van der Waals surface area contributed by atoms with Gasteiger partial charge in [0.05, 0.1) is 12.6 Å². The van der Waals surface area contributed by atoms with Gasteiger partial charge in [-0.25, -0.2) is 0 Å². The average molecular weight is 311 g/mol. The third-order valence-electron chi connectivity index (χ3n) is 3.76. The van der Waals surface area contributed by atoms with Crippen molar-refractivity contribution in [3.63, 3.8) is 0 Å². The van der Waals surface area contributed by atoms with Crippen molar-refractivity contribution in [3.05, 3.63) is 28.8 Å². The van der Waals surface area contributed by atoms with E-state index in [4.69, 9.17) is 11.6 Å². The molecule has 1 atom stereocenters. The van der Waals surface area contributed by atoms with E-state index in [0.717, 1.165) is 35.2 Å². The smallest absolute Gasteiger partial charge is 0.234 e. The zero-order chi connectivity index (χ0) is 13.9. The number of carbonyl (C=O) groups excluding carboxylic acids is 1. The number of carbonyl (C=O) groups is 1. The van der Waals surface area contributed by atoms with E-state index in [-0.39, 0.29) is 11.9 Å². The number of hydrogen-bond donors (Lipinski definition) is 2. The lowest BCUT2D eigenvalue weighted by molar-refractivity contribution is -0.121. The molecule has 1 aliphatic heterocycles. The fraction of sp³-hybridized carbons (Fsp3) is 0.533. The number of thioether (sulfide) groups is 1. The van der Waals surface area contributed by atoms with E-state index in [1.807, 2.05) is 30.0 Å². The Morgan fingerprint density at radius 1 is 1.35 bits per heavy atom. The van der Waals surface area contributed by atoms with E-state index in [1.54, 1.807) is 0 Å². The first-order valence-corrected chi connectivity index (χ1v) is 8.51. The number of amides is 1. The minimum atomic E-state index is 0.0773. The van der Waals surface area contributed by atoms with Crippen LogP contribution in [-0.2, 0) is 4.79 Å². The minimum Gasteiger partial charge on any atom is -0.348 e. The third kappa shape index (κ3) is 3.68. The Kier molecular flexibility index (Phi) is 4.54. The Labute approximate surface area is 128 Å². The maximum atomic E-state index is 12.0. The molecule has 108 valence electrons. The first-order chi connectivity index (χ1) is 9.72. The number of halogens is 1. The monoisotopic (exact) mass is 310 g/mol. The molecule has 0 bridgehead atoms. The number of hydrogen-bond acceptors (Lipinski definition) is 3. The van der Waals surface area contributed by atoms with Crippen molar-refractivity contribution in [1.29, 1.82) is 0 Å². The van der Waals surface area contributed by atoms with E-state index >= 15 is 0 Å². The van der Waals surface area contributed by atoms with Gasteiger partial charge in [0.1, 0.15) is 0 Å². The van der Waals surface area contributed by atoms with Gasteiger partial charge in [-0.2, -0.15) is 0 Å². The average Bonchev–Trinajstić information content (AvgIpc) is 3.24. The second-order valence-corrected chi connectivity index (χ2v) is 7.09. The van der Waals surface area contributed by atoms with E-state index in [1.165, 1.54) is 17.7 Å². The molecule has 5 heteroatoms. The van der Waals surface area contributed by atoms with Gasteiger partial charge in [0.15, 0.2) is 0 Å². The number of rotatable bonds is 5. The fourth-order valence-corrected chi connectivity index (χ4v) is 3.76. The summed E-state index contributed by atoms with van der Waals surface area (Å²) in [4.78, 5) is 13.2. The number of nitrogens with one attached hydrogen (secondary N) is 2. The summed E-state index contributed by atoms with van der Waals surface area (Å²) in [7, 11) is 0. The van der Waals surface area contributed by atoms with Crippen LogP contribution in [0.15, 0.2) is 23.1 Å². The molecule has 3 rings (SSSR count). The number of benzene rings is 1. The molecule has 1 fully saturated rings. The summed E-state index contributed by atoms with van der Waals surface area (Å²) in [6.45, 7) is 1.38. The molecule has 1 aromatic rings. The molecule has 20 heavy (non-hydrogen) atoms.